The number of rotatable bonds is 10. The van der Waals surface area contributed by atoms with E-state index in [1.54, 1.807) is 66.4 Å². The number of ether oxygens (including phenoxy) is 2. The smallest absolute Gasteiger partial charge is 0.304 e. The Morgan fingerprint density at radius 1 is 1.16 bits per heavy atom. The van der Waals surface area contributed by atoms with Crippen LogP contribution in [0, 0.1) is 5.92 Å². The topological polar surface area (TPSA) is 137 Å². The molecule has 0 spiro atoms. The predicted molar refractivity (Wildman–Crippen MR) is 157 cm³/mol. The first-order valence-corrected chi connectivity index (χ1v) is 14.5. The molecule has 0 saturated carbocycles. The maximum atomic E-state index is 13.9. The maximum absolute atomic E-state index is 13.9. The highest BCUT2D eigenvalue weighted by atomic mass is 16.6. The molecule has 2 aromatic carbocycles. The molecule has 3 aliphatic heterocycles. The third kappa shape index (κ3) is 5.62. The largest absolute Gasteiger partial charge is 0.497 e. The number of fused-ring (bicyclic) bond motifs is 1. The normalized spacial score (nSPS) is 23.9. The summed E-state index contributed by atoms with van der Waals surface area (Å²) in [7, 11) is 1.51. The zero-order valence-corrected chi connectivity index (χ0v) is 24.6. The molecule has 5 rings (SSSR count). The zero-order valence-electron chi connectivity index (χ0n) is 24.6. The van der Waals surface area contributed by atoms with Crippen molar-refractivity contribution in [3.8, 4) is 5.75 Å². The van der Waals surface area contributed by atoms with Crippen molar-refractivity contribution in [2.75, 3.05) is 30.1 Å². The van der Waals surface area contributed by atoms with Crippen LogP contribution in [-0.2, 0) is 36.1 Å². The highest BCUT2D eigenvalue weighted by Gasteiger charge is 2.52. The van der Waals surface area contributed by atoms with Crippen molar-refractivity contribution in [1.29, 1.82) is 0 Å². The highest BCUT2D eigenvalue weighted by Crippen LogP contribution is 2.47. The van der Waals surface area contributed by atoms with Gasteiger partial charge in [-0.25, -0.2) is 0 Å². The second-order valence-corrected chi connectivity index (χ2v) is 11.2. The third-order valence-corrected chi connectivity index (χ3v) is 8.52. The van der Waals surface area contributed by atoms with Crippen LogP contribution in [0.15, 0.2) is 54.6 Å². The molecule has 3 heterocycles. The molecule has 11 nitrogen and oxygen atoms in total. The van der Waals surface area contributed by atoms with Gasteiger partial charge in [-0.2, -0.15) is 0 Å². The first kappa shape index (κ1) is 30.2. The zero-order chi connectivity index (χ0) is 30.9. The number of aliphatic hydroxyl groups excluding tert-OH is 1. The quantitative estimate of drug-likeness (QED) is 0.245. The summed E-state index contributed by atoms with van der Waals surface area (Å²) in [5, 5.41) is 21.5. The highest BCUT2D eigenvalue weighted by molar-refractivity contribution is 6.07. The van der Waals surface area contributed by atoms with Crippen molar-refractivity contribution in [1.82, 2.24) is 4.90 Å². The summed E-state index contributed by atoms with van der Waals surface area (Å²) in [6, 6.07) is 12.0. The Bertz CT molecular complexity index is 1440. The van der Waals surface area contributed by atoms with Crippen molar-refractivity contribution in [2.24, 2.45) is 5.92 Å². The van der Waals surface area contributed by atoms with Crippen LogP contribution in [0.3, 0.4) is 0 Å². The lowest BCUT2D eigenvalue weighted by Gasteiger charge is -2.39. The fourth-order valence-electron chi connectivity index (χ4n) is 6.12. The Hall–Kier alpha value is -4.22. The minimum atomic E-state index is -1.90. The van der Waals surface area contributed by atoms with E-state index >= 15 is 0 Å². The number of hydrogen-bond acceptors (Lipinski definition) is 8. The molecule has 3 amide bonds. The van der Waals surface area contributed by atoms with Gasteiger partial charge in [0.15, 0.2) is 11.8 Å². The van der Waals surface area contributed by atoms with Gasteiger partial charge in [0.25, 0.3) is 5.91 Å². The molecule has 4 atom stereocenters. The second kappa shape index (κ2) is 12.2. The van der Waals surface area contributed by atoms with Crippen molar-refractivity contribution in [2.45, 2.75) is 63.9 Å². The number of esters is 1. The summed E-state index contributed by atoms with van der Waals surface area (Å²) in [5.41, 5.74) is 0.397. The average molecular weight is 592 g/mol. The second-order valence-electron chi connectivity index (χ2n) is 11.2. The van der Waals surface area contributed by atoms with Crippen LogP contribution >= 0.6 is 0 Å². The van der Waals surface area contributed by atoms with E-state index in [1.807, 2.05) is 0 Å². The van der Waals surface area contributed by atoms with Crippen molar-refractivity contribution >= 4 is 35.1 Å². The Labute approximate surface area is 250 Å². The summed E-state index contributed by atoms with van der Waals surface area (Å²) in [4.78, 5) is 54.8. The monoisotopic (exact) mass is 591 g/mol. The SMILES string of the molecule is COc1ccc2c(c1)[C@@](O)([C@H](C)/C=C/CC(=O)N1CCC[C@H]1CO)C(=O)N2Cc1ccc(N2C(=O)CC2OC(C)=O)cc1. The van der Waals surface area contributed by atoms with Crippen LogP contribution < -0.4 is 14.5 Å². The molecule has 1 unspecified atom stereocenters. The first-order chi connectivity index (χ1) is 20.6. The van der Waals surface area contributed by atoms with E-state index in [2.05, 4.69) is 0 Å². The van der Waals surface area contributed by atoms with Gasteiger partial charge in [0.1, 0.15) is 5.75 Å². The van der Waals surface area contributed by atoms with Gasteiger partial charge in [-0.15, -0.1) is 0 Å². The summed E-state index contributed by atoms with van der Waals surface area (Å²) < 4.78 is 10.6. The van der Waals surface area contributed by atoms with Gasteiger partial charge in [-0.1, -0.05) is 31.2 Å². The van der Waals surface area contributed by atoms with E-state index < -0.39 is 29.6 Å². The van der Waals surface area contributed by atoms with Gasteiger partial charge in [0, 0.05) is 37.1 Å². The molecule has 0 bridgehead atoms. The number of methoxy groups -OCH3 is 1. The standard InChI is InChI=1S/C32H37N3O8/c1-20(6-4-8-28(38)33-15-5-7-24(33)19-36)32(41)26-16-25(42-3)13-14-27(26)34(31(32)40)18-22-9-11-23(12-10-22)35-29(39)17-30(35)43-21(2)37/h4,6,9-14,16,20,24,30,36,41H,5,7-8,15,17-19H2,1-3H3/b6-4+/t20-,24+,30?,32+/m1/s1. The molecule has 11 heteroatoms. The molecular weight excluding hydrogens is 554 g/mol. The van der Waals surface area contributed by atoms with Crippen LogP contribution in [0.5, 0.6) is 5.75 Å². The van der Waals surface area contributed by atoms with Gasteiger partial charge in [-0.3, -0.25) is 24.1 Å². The fourth-order valence-corrected chi connectivity index (χ4v) is 6.12. The number of hydrogen-bond donors (Lipinski definition) is 2. The van der Waals surface area contributed by atoms with Crippen LogP contribution in [0.2, 0.25) is 0 Å². The van der Waals surface area contributed by atoms with Gasteiger partial charge >= 0.3 is 5.97 Å². The van der Waals surface area contributed by atoms with Crippen molar-refractivity contribution < 1.29 is 38.9 Å². The Kier molecular flexibility index (Phi) is 8.57. The molecule has 2 fully saturated rings. The molecule has 2 N–H and O–H groups in total. The number of anilines is 2. The molecule has 0 aliphatic carbocycles. The van der Waals surface area contributed by atoms with Crippen LogP contribution in [0.4, 0.5) is 11.4 Å². The van der Waals surface area contributed by atoms with Crippen molar-refractivity contribution in [3.05, 3.63) is 65.7 Å². The van der Waals surface area contributed by atoms with E-state index in [4.69, 9.17) is 9.47 Å². The van der Waals surface area contributed by atoms with E-state index in [0.717, 1.165) is 18.4 Å². The Balaban J connectivity index is 1.34. The van der Waals surface area contributed by atoms with Crippen LogP contribution in [-0.4, -0.2) is 71.3 Å². The number of benzene rings is 2. The first-order valence-electron chi connectivity index (χ1n) is 14.5. The van der Waals surface area contributed by atoms with Gasteiger partial charge in [0.2, 0.25) is 11.8 Å². The van der Waals surface area contributed by atoms with E-state index in [0.29, 0.717) is 29.2 Å². The molecule has 0 aromatic heterocycles. The van der Waals surface area contributed by atoms with E-state index in [-0.39, 0.29) is 43.8 Å². The Morgan fingerprint density at radius 3 is 2.56 bits per heavy atom. The minimum absolute atomic E-state index is 0.0670. The number of amides is 3. The maximum Gasteiger partial charge on any atom is 0.304 e. The fraction of sp³-hybridized carbons (Fsp3) is 0.438. The minimum Gasteiger partial charge on any atom is -0.497 e. The summed E-state index contributed by atoms with van der Waals surface area (Å²) in [6.07, 6.45) is 4.59. The molecule has 43 heavy (non-hydrogen) atoms. The van der Waals surface area contributed by atoms with Gasteiger partial charge < -0.3 is 29.5 Å². The number of likely N-dealkylation sites (tertiary alicyclic amines) is 1. The molecule has 3 aliphatic rings. The van der Waals surface area contributed by atoms with Gasteiger partial charge in [-0.05, 0) is 48.7 Å². The number of carbonyl (C=O) groups excluding carboxylic acids is 4. The van der Waals surface area contributed by atoms with Crippen LogP contribution in [0.25, 0.3) is 0 Å². The number of carbonyl (C=O) groups is 4. The molecule has 228 valence electrons. The number of β-lactam (4-membered cyclic amide) rings is 1. The number of aliphatic hydroxyl groups is 2. The molecule has 2 saturated heterocycles. The summed E-state index contributed by atoms with van der Waals surface area (Å²) in [5.74, 6) is -1.40. The number of nitrogens with zero attached hydrogens (tertiary/aromatic N) is 3. The van der Waals surface area contributed by atoms with Crippen LogP contribution in [0.1, 0.15) is 50.7 Å². The van der Waals surface area contributed by atoms with E-state index in [9.17, 15) is 29.4 Å². The van der Waals surface area contributed by atoms with Gasteiger partial charge in [0.05, 0.1) is 38.4 Å². The van der Waals surface area contributed by atoms with E-state index in [1.165, 1.54) is 23.8 Å². The Morgan fingerprint density at radius 2 is 1.91 bits per heavy atom. The summed E-state index contributed by atoms with van der Waals surface area (Å²) >= 11 is 0. The lowest BCUT2D eigenvalue weighted by Crippen LogP contribution is -2.54. The summed E-state index contributed by atoms with van der Waals surface area (Å²) in [6.45, 7) is 3.73. The lowest BCUT2D eigenvalue weighted by molar-refractivity contribution is -0.154. The molecule has 0 radical (unpaired) electrons. The lowest BCUT2D eigenvalue weighted by atomic mass is 9.83. The average Bonchev–Trinajstić information content (AvgIpc) is 3.55. The molecule has 2 aromatic rings. The predicted octanol–water partition coefficient (Wildman–Crippen LogP) is 2.62. The van der Waals surface area contributed by atoms with Crippen molar-refractivity contribution in [3.63, 3.8) is 0 Å². The molecular formula is C32H37N3O8. The third-order valence-electron chi connectivity index (χ3n) is 8.52.